The molecule has 1 saturated heterocycles. The predicted molar refractivity (Wildman–Crippen MR) is 69.6 cm³/mol. The zero-order valence-electron chi connectivity index (χ0n) is 9.98. The van der Waals surface area contributed by atoms with Gasteiger partial charge in [0.1, 0.15) is 4.21 Å². The lowest BCUT2D eigenvalue weighted by Crippen LogP contribution is -2.35. The second-order valence-electron chi connectivity index (χ2n) is 4.34. The fraction of sp³-hybridized carbons (Fsp3) is 0.636. The highest BCUT2D eigenvalue weighted by atomic mass is 32.2. The third-order valence-electron chi connectivity index (χ3n) is 3.09. The van der Waals surface area contributed by atoms with E-state index in [0.717, 1.165) is 29.7 Å². The van der Waals surface area contributed by atoms with Crippen LogP contribution in [-0.4, -0.2) is 25.8 Å². The molecule has 2 heterocycles. The Morgan fingerprint density at radius 3 is 2.53 bits per heavy atom. The first-order chi connectivity index (χ1) is 8.05. The summed E-state index contributed by atoms with van der Waals surface area (Å²) in [5, 5.41) is 0. The van der Waals surface area contributed by atoms with Crippen molar-refractivity contribution in [2.24, 2.45) is 5.73 Å². The Labute approximate surface area is 106 Å². The second-order valence-corrected chi connectivity index (χ2v) is 7.64. The van der Waals surface area contributed by atoms with Crippen LogP contribution in [0.25, 0.3) is 0 Å². The number of nitrogens with two attached hydrogens (primary N) is 1. The summed E-state index contributed by atoms with van der Waals surface area (Å²) in [6, 6.07) is 1.75. The minimum absolute atomic E-state index is 0.409. The monoisotopic (exact) mass is 274 g/mol. The van der Waals surface area contributed by atoms with E-state index >= 15 is 0 Å². The van der Waals surface area contributed by atoms with E-state index in [1.807, 2.05) is 6.92 Å². The fourth-order valence-electron chi connectivity index (χ4n) is 2.05. The fourth-order valence-corrected chi connectivity index (χ4v) is 5.19. The van der Waals surface area contributed by atoms with E-state index in [2.05, 4.69) is 0 Å². The molecule has 2 rings (SSSR count). The summed E-state index contributed by atoms with van der Waals surface area (Å²) in [6.45, 7) is 3.62. The SMILES string of the molecule is Cc1cc(S(=O)(=O)N2CCCCC2)sc1CN. The van der Waals surface area contributed by atoms with E-state index in [1.165, 1.54) is 11.3 Å². The lowest BCUT2D eigenvalue weighted by Gasteiger charge is -2.25. The van der Waals surface area contributed by atoms with Crippen LogP contribution in [0.5, 0.6) is 0 Å². The van der Waals surface area contributed by atoms with Crippen molar-refractivity contribution in [1.82, 2.24) is 4.31 Å². The molecule has 1 fully saturated rings. The number of sulfonamides is 1. The van der Waals surface area contributed by atoms with Crippen LogP contribution in [0.15, 0.2) is 10.3 Å². The van der Waals surface area contributed by atoms with Crippen LogP contribution in [0.4, 0.5) is 0 Å². The first-order valence-electron chi connectivity index (χ1n) is 5.85. The maximum absolute atomic E-state index is 12.4. The molecule has 0 unspecified atom stereocenters. The van der Waals surface area contributed by atoms with Gasteiger partial charge in [0.25, 0.3) is 10.0 Å². The smallest absolute Gasteiger partial charge is 0.252 e. The Morgan fingerprint density at radius 1 is 1.35 bits per heavy atom. The molecule has 0 amide bonds. The molecule has 0 aliphatic carbocycles. The highest BCUT2D eigenvalue weighted by Gasteiger charge is 2.27. The molecule has 4 nitrogen and oxygen atoms in total. The molecule has 0 spiro atoms. The Balaban J connectivity index is 2.30. The van der Waals surface area contributed by atoms with Gasteiger partial charge in [-0.1, -0.05) is 6.42 Å². The number of aryl methyl sites for hydroxylation is 1. The molecule has 1 aromatic heterocycles. The van der Waals surface area contributed by atoms with Gasteiger partial charge in [-0.2, -0.15) is 4.31 Å². The van der Waals surface area contributed by atoms with Crippen LogP contribution in [0, 0.1) is 6.92 Å². The van der Waals surface area contributed by atoms with Crippen molar-refractivity contribution < 1.29 is 8.42 Å². The quantitative estimate of drug-likeness (QED) is 0.912. The van der Waals surface area contributed by atoms with Gasteiger partial charge in [-0.05, 0) is 31.4 Å². The number of thiophene rings is 1. The zero-order chi connectivity index (χ0) is 12.5. The Bertz CT molecular complexity index is 488. The van der Waals surface area contributed by atoms with Crippen LogP contribution >= 0.6 is 11.3 Å². The average molecular weight is 274 g/mol. The number of nitrogens with zero attached hydrogens (tertiary/aromatic N) is 1. The Hall–Kier alpha value is -0.430. The van der Waals surface area contributed by atoms with Gasteiger partial charge >= 0.3 is 0 Å². The molecule has 96 valence electrons. The lowest BCUT2D eigenvalue weighted by atomic mass is 10.2. The molecule has 1 aliphatic heterocycles. The van der Waals surface area contributed by atoms with E-state index in [0.29, 0.717) is 23.8 Å². The molecule has 1 aliphatic rings. The van der Waals surface area contributed by atoms with Crippen molar-refractivity contribution >= 4 is 21.4 Å². The Morgan fingerprint density at radius 2 is 2.00 bits per heavy atom. The van der Waals surface area contributed by atoms with E-state index in [-0.39, 0.29) is 0 Å². The van der Waals surface area contributed by atoms with Crippen molar-refractivity contribution in [2.75, 3.05) is 13.1 Å². The third kappa shape index (κ3) is 2.54. The van der Waals surface area contributed by atoms with Crippen molar-refractivity contribution in [3.8, 4) is 0 Å². The predicted octanol–water partition coefficient (Wildman–Crippen LogP) is 1.69. The first-order valence-corrected chi connectivity index (χ1v) is 8.11. The summed E-state index contributed by atoms with van der Waals surface area (Å²) in [5.41, 5.74) is 6.57. The van der Waals surface area contributed by atoms with Gasteiger partial charge in [-0.3, -0.25) is 0 Å². The van der Waals surface area contributed by atoms with Gasteiger partial charge in [0, 0.05) is 24.5 Å². The molecular formula is C11H18N2O2S2. The van der Waals surface area contributed by atoms with E-state index in [9.17, 15) is 8.42 Å². The molecule has 1 aromatic rings. The van der Waals surface area contributed by atoms with Crippen molar-refractivity contribution in [3.05, 3.63) is 16.5 Å². The first kappa shape index (κ1) is 13.0. The third-order valence-corrected chi connectivity index (χ3v) is 6.70. The zero-order valence-corrected chi connectivity index (χ0v) is 11.6. The summed E-state index contributed by atoms with van der Waals surface area (Å²) in [4.78, 5) is 0.959. The molecule has 0 radical (unpaired) electrons. The highest BCUT2D eigenvalue weighted by molar-refractivity contribution is 7.91. The number of piperidine rings is 1. The molecule has 0 atom stereocenters. The number of hydrogen-bond acceptors (Lipinski definition) is 4. The van der Waals surface area contributed by atoms with Gasteiger partial charge in [0.15, 0.2) is 0 Å². The van der Waals surface area contributed by atoms with E-state index < -0.39 is 10.0 Å². The van der Waals surface area contributed by atoms with Gasteiger partial charge in [0.2, 0.25) is 0 Å². The molecular weight excluding hydrogens is 256 g/mol. The van der Waals surface area contributed by atoms with Crippen LogP contribution in [0.1, 0.15) is 29.7 Å². The maximum Gasteiger partial charge on any atom is 0.252 e. The summed E-state index contributed by atoms with van der Waals surface area (Å²) in [5.74, 6) is 0. The van der Waals surface area contributed by atoms with Crippen LogP contribution in [0.2, 0.25) is 0 Å². The van der Waals surface area contributed by atoms with Gasteiger partial charge in [-0.25, -0.2) is 8.42 Å². The molecule has 6 heteroatoms. The Kier molecular flexibility index (Phi) is 3.87. The average Bonchev–Trinajstić information content (AvgIpc) is 2.72. The molecule has 0 bridgehead atoms. The summed E-state index contributed by atoms with van der Waals surface area (Å²) >= 11 is 1.31. The van der Waals surface area contributed by atoms with Crippen molar-refractivity contribution in [1.29, 1.82) is 0 Å². The minimum Gasteiger partial charge on any atom is -0.326 e. The van der Waals surface area contributed by atoms with Gasteiger partial charge in [-0.15, -0.1) is 11.3 Å². The minimum atomic E-state index is -3.28. The normalized spacial score (nSPS) is 18.5. The van der Waals surface area contributed by atoms with Crippen molar-refractivity contribution in [3.63, 3.8) is 0 Å². The number of rotatable bonds is 3. The lowest BCUT2D eigenvalue weighted by molar-refractivity contribution is 0.347. The summed E-state index contributed by atoms with van der Waals surface area (Å²) in [7, 11) is -3.28. The maximum atomic E-state index is 12.4. The molecule has 0 saturated carbocycles. The molecule has 0 aromatic carbocycles. The van der Waals surface area contributed by atoms with Crippen LogP contribution < -0.4 is 5.73 Å². The molecule has 17 heavy (non-hydrogen) atoms. The standard InChI is InChI=1S/C11H18N2O2S2/c1-9-7-11(16-10(9)8-12)17(14,15)13-5-3-2-4-6-13/h7H,2-6,8,12H2,1H3. The molecule has 2 N–H and O–H groups in total. The van der Waals surface area contributed by atoms with Gasteiger partial charge in [0.05, 0.1) is 0 Å². The van der Waals surface area contributed by atoms with E-state index in [4.69, 9.17) is 5.73 Å². The van der Waals surface area contributed by atoms with Crippen LogP contribution in [-0.2, 0) is 16.6 Å². The van der Waals surface area contributed by atoms with Crippen LogP contribution in [0.3, 0.4) is 0 Å². The van der Waals surface area contributed by atoms with E-state index in [1.54, 1.807) is 10.4 Å². The summed E-state index contributed by atoms with van der Waals surface area (Å²) in [6.07, 6.45) is 3.06. The van der Waals surface area contributed by atoms with Gasteiger partial charge < -0.3 is 5.73 Å². The number of hydrogen-bond donors (Lipinski definition) is 1. The second kappa shape index (κ2) is 5.06. The largest absolute Gasteiger partial charge is 0.326 e. The topological polar surface area (TPSA) is 63.4 Å². The summed E-state index contributed by atoms with van der Waals surface area (Å²) < 4.78 is 26.8. The highest BCUT2D eigenvalue weighted by Crippen LogP contribution is 2.29. The van der Waals surface area contributed by atoms with Crippen molar-refractivity contribution in [2.45, 2.75) is 36.9 Å².